The minimum atomic E-state index is -5.80. The van der Waals surface area contributed by atoms with Crippen LogP contribution in [0.1, 0.15) is 407 Å². The van der Waals surface area contributed by atoms with E-state index in [1.54, 1.807) is 0 Å². The number of hydrogen-bond donors (Lipinski definition) is 10. The van der Waals surface area contributed by atoms with E-state index in [9.17, 15) is 74.6 Å². The summed E-state index contributed by atoms with van der Waals surface area (Å²) in [6, 6.07) is 0. The molecule has 0 aromatic rings. The molecular weight excluding hydrogens is 1510 g/mol. The van der Waals surface area contributed by atoms with Gasteiger partial charge in [-0.25, -0.2) is 4.57 Å². The molecule has 3 aliphatic rings. The maximum Gasteiger partial charge on any atom is 0.472 e. The summed E-state index contributed by atoms with van der Waals surface area (Å²) in [4.78, 5) is 66.4. The average molecular weight is 1680 g/mol. The van der Waals surface area contributed by atoms with E-state index in [1.807, 2.05) is 0 Å². The van der Waals surface area contributed by atoms with E-state index in [1.165, 1.54) is 193 Å². The second kappa shape index (κ2) is 69.6. The summed E-state index contributed by atoms with van der Waals surface area (Å²) >= 11 is 0. The number of carbonyl (C=O) groups excluding carboxylic acids is 4. The van der Waals surface area contributed by atoms with Crippen molar-refractivity contribution in [1.82, 2.24) is 0 Å². The van der Waals surface area contributed by atoms with Gasteiger partial charge < -0.3 is 88.7 Å². The molecule has 3 fully saturated rings. The number of hydrogen-bond acceptors (Lipinski definition) is 24. The number of allylic oxidation sites excluding steroid dienone is 2. The lowest BCUT2D eigenvalue weighted by Crippen LogP contribution is -2.70. The van der Waals surface area contributed by atoms with Crippen LogP contribution in [0.25, 0.3) is 0 Å². The SMILES string of the molecule is CCCCCCCC/C=C\CCCCCC(=O)OC1C(O)C(O)C(OC2OC(CO)C(O)C(O)C2O)C(OP(=O)(O)OCC(COC(=O)CCCCCCCCCCCCCCC)OC(=O)CCCCCCCCCCCCCCCCC)C1OC1OC(COC(=O)CCCCCCCCCCCCCCCCCC)C(O)C(O)C1O. The van der Waals surface area contributed by atoms with Crippen molar-refractivity contribution in [2.24, 2.45) is 0 Å². The van der Waals surface area contributed by atoms with Crippen molar-refractivity contribution in [3.8, 4) is 0 Å². The van der Waals surface area contributed by atoms with Gasteiger partial charge in [-0.2, -0.15) is 0 Å². The molecule has 10 N–H and O–H groups in total. The van der Waals surface area contributed by atoms with Gasteiger partial charge in [0, 0.05) is 25.7 Å². The van der Waals surface area contributed by atoms with Crippen molar-refractivity contribution in [3.05, 3.63) is 12.2 Å². The number of esters is 4. The normalized spacial score (nSPS) is 25.2. The molecule has 0 spiro atoms. The van der Waals surface area contributed by atoms with Crippen LogP contribution in [0.3, 0.4) is 0 Å². The van der Waals surface area contributed by atoms with Crippen molar-refractivity contribution < 1.29 is 122 Å². The van der Waals surface area contributed by atoms with E-state index in [2.05, 4.69) is 39.8 Å². The minimum absolute atomic E-state index is 0.0175. The molecule has 0 radical (unpaired) electrons. The highest BCUT2D eigenvalue weighted by Gasteiger charge is 2.60. The first kappa shape index (κ1) is 107. The third-order valence-electron chi connectivity index (χ3n) is 23.0. The fourth-order valence-corrected chi connectivity index (χ4v) is 16.5. The lowest BCUT2D eigenvalue weighted by molar-refractivity contribution is -0.360. The van der Waals surface area contributed by atoms with Crippen LogP contribution in [-0.4, -0.2) is 205 Å². The van der Waals surface area contributed by atoms with Gasteiger partial charge in [0.05, 0.1) is 13.2 Å². The molecule has 1 aliphatic carbocycles. The summed E-state index contributed by atoms with van der Waals surface area (Å²) in [5, 5.41) is 102. The molecule has 116 heavy (non-hydrogen) atoms. The zero-order valence-electron chi connectivity index (χ0n) is 72.6. The maximum absolute atomic E-state index is 14.9. The maximum atomic E-state index is 14.9. The third kappa shape index (κ3) is 49.5. The standard InChI is InChI=1S/C90H167O25P/c1-5-9-13-17-21-25-29-33-35-37-40-43-47-51-55-59-63-74(93)107-69-72-78(97)80(99)84(103)90(111-72)114-87-85(112-76(95)65-61-57-53-49-44-39-32-28-24-20-16-12-8-4)81(100)82(101)86(113-89-83(102)79(98)77(96)71(66-91)110-89)88(87)115-116(104,105)108-68-70(67-106-73(92)62-58-54-50-46-42-38-31-27-23-19-15-11-7-3)109-75(94)64-60-56-52-48-45-41-36-34-30-26-22-18-14-10-6-2/h39,44,70-72,77-91,96-103H,5-38,40-43,45-69H2,1-4H3,(H,104,105)/b44-39-. The summed E-state index contributed by atoms with van der Waals surface area (Å²) in [6.45, 7) is 5.60. The van der Waals surface area contributed by atoms with Crippen LogP contribution in [0, 0.1) is 0 Å². The molecule has 2 heterocycles. The van der Waals surface area contributed by atoms with Gasteiger partial charge in [-0.05, 0) is 51.4 Å². The van der Waals surface area contributed by atoms with E-state index >= 15 is 0 Å². The highest BCUT2D eigenvalue weighted by molar-refractivity contribution is 7.47. The highest BCUT2D eigenvalue weighted by atomic mass is 31.2. The summed E-state index contributed by atoms with van der Waals surface area (Å²) in [5.41, 5.74) is 0. The van der Waals surface area contributed by atoms with E-state index in [0.29, 0.717) is 32.1 Å². The number of phosphoric ester groups is 1. The Hall–Kier alpha value is -2.79. The van der Waals surface area contributed by atoms with Gasteiger partial charge in [-0.3, -0.25) is 28.2 Å². The molecule has 2 saturated heterocycles. The Morgan fingerprint density at radius 2 is 0.647 bits per heavy atom. The molecule has 18 unspecified atom stereocenters. The van der Waals surface area contributed by atoms with Crippen molar-refractivity contribution >= 4 is 31.7 Å². The highest BCUT2D eigenvalue weighted by Crippen LogP contribution is 2.49. The molecular formula is C90H167O25P. The lowest BCUT2D eigenvalue weighted by Gasteiger charge is -2.50. The first-order valence-corrected chi connectivity index (χ1v) is 48.4. The third-order valence-corrected chi connectivity index (χ3v) is 24.0. The van der Waals surface area contributed by atoms with Crippen LogP contribution in [0.2, 0.25) is 0 Å². The van der Waals surface area contributed by atoms with Gasteiger partial charge >= 0.3 is 31.7 Å². The van der Waals surface area contributed by atoms with Crippen LogP contribution < -0.4 is 0 Å². The molecule has 1 saturated carbocycles. The number of rotatable bonds is 76. The van der Waals surface area contributed by atoms with Crippen molar-refractivity contribution in [1.29, 1.82) is 0 Å². The molecule has 25 nitrogen and oxygen atoms in total. The van der Waals surface area contributed by atoms with Crippen molar-refractivity contribution in [3.63, 3.8) is 0 Å². The predicted molar refractivity (Wildman–Crippen MR) is 449 cm³/mol. The van der Waals surface area contributed by atoms with Gasteiger partial charge in [0.2, 0.25) is 0 Å². The molecule has 0 amide bonds. The van der Waals surface area contributed by atoms with Crippen LogP contribution in [0.5, 0.6) is 0 Å². The second-order valence-electron chi connectivity index (χ2n) is 33.5. The molecule has 682 valence electrons. The van der Waals surface area contributed by atoms with Crippen LogP contribution in [-0.2, 0) is 70.7 Å². The van der Waals surface area contributed by atoms with E-state index in [0.717, 1.165) is 122 Å². The summed E-state index contributed by atoms with van der Waals surface area (Å²) in [6.07, 6.45) is 27.8. The van der Waals surface area contributed by atoms with Crippen LogP contribution in [0.4, 0.5) is 0 Å². The number of ether oxygens (including phenoxy) is 8. The first-order chi connectivity index (χ1) is 56.2. The summed E-state index contributed by atoms with van der Waals surface area (Å²) < 4.78 is 73.4. The second-order valence-corrected chi connectivity index (χ2v) is 34.9. The Labute approximate surface area is 699 Å². The Bertz CT molecular complexity index is 2460. The molecule has 3 rings (SSSR count). The number of carbonyl (C=O) groups is 4. The number of unbranched alkanes of at least 4 members (excludes halogenated alkanes) is 50. The quantitative estimate of drug-likeness (QED) is 0.00889. The van der Waals surface area contributed by atoms with Gasteiger partial charge in [0.1, 0.15) is 92.6 Å². The lowest BCUT2D eigenvalue weighted by atomic mass is 9.84. The van der Waals surface area contributed by atoms with Gasteiger partial charge in [-0.1, -0.05) is 342 Å². The largest absolute Gasteiger partial charge is 0.472 e. The fourth-order valence-electron chi connectivity index (χ4n) is 15.5. The number of phosphoric acid groups is 1. The Morgan fingerprint density at radius 1 is 0.336 bits per heavy atom. The first-order valence-electron chi connectivity index (χ1n) is 46.9. The molecule has 0 bridgehead atoms. The summed E-state index contributed by atoms with van der Waals surface area (Å²) in [7, 11) is -5.80. The molecule has 0 aromatic carbocycles. The topological polar surface area (TPSA) is 380 Å². The smallest absolute Gasteiger partial charge is 0.463 e. The fraction of sp³-hybridized carbons (Fsp3) is 0.933. The van der Waals surface area contributed by atoms with Gasteiger partial charge in [0.25, 0.3) is 0 Å². The average Bonchev–Trinajstić information content (AvgIpc) is 0.754. The number of aliphatic hydroxyl groups excluding tert-OH is 9. The molecule has 18 atom stereocenters. The van der Waals surface area contributed by atoms with Gasteiger partial charge in [0.15, 0.2) is 24.8 Å². The zero-order chi connectivity index (χ0) is 84.7. The minimum Gasteiger partial charge on any atom is -0.463 e. The Morgan fingerprint density at radius 3 is 1.03 bits per heavy atom. The molecule has 0 aromatic heterocycles. The van der Waals surface area contributed by atoms with Crippen molar-refractivity contribution in [2.45, 2.75) is 511 Å². The predicted octanol–water partition coefficient (Wildman–Crippen LogP) is 17.2. The Balaban J connectivity index is 1.91. The van der Waals surface area contributed by atoms with Crippen molar-refractivity contribution in [2.75, 3.05) is 26.4 Å². The Kier molecular flexibility index (Phi) is 64.4. The van der Waals surface area contributed by atoms with E-state index < -0.39 is 162 Å². The van der Waals surface area contributed by atoms with E-state index in [-0.39, 0.29) is 32.1 Å². The zero-order valence-corrected chi connectivity index (χ0v) is 73.5. The number of aliphatic hydroxyl groups is 9. The van der Waals surface area contributed by atoms with E-state index in [4.69, 9.17) is 46.9 Å². The van der Waals surface area contributed by atoms with Crippen LogP contribution >= 0.6 is 7.82 Å². The monoisotopic (exact) mass is 1680 g/mol. The van der Waals surface area contributed by atoms with Gasteiger partial charge in [-0.15, -0.1) is 0 Å². The molecule has 2 aliphatic heterocycles. The molecule has 26 heteroatoms. The summed E-state index contributed by atoms with van der Waals surface area (Å²) in [5.74, 6) is -2.97. The van der Waals surface area contributed by atoms with Crippen LogP contribution in [0.15, 0.2) is 12.2 Å².